The van der Waals surface area contributed by atoms with Gasteiger partial charge >= 0.3 is 0 Å². The number of aromatic nitrogens is 3. The topological polar surface area (TPSA) is 82.0 Å². The number of piperidine rings is 1. The van der Waals surface area contributed by atoms with Crippen molar-refractivity contribution in [2.45, 2.75) is 25.4 Å². The van der Waals surface area contributed by atoms with Crippen molar-refractivity contribution < 1.29 is 14.2 Å². The molecule has 3 aromatic rings. The first-order valence-corrected chi connectivity index (χ1v) is 11.4. The largest absolute Gasteiger partial charge is 0.497 e. The lowest BCUT2D eigenvalue weighted by atomic mass is 10.0. The van der Waals surface area contributed by atoms with Gasteiger partial charge in [-0.1, -0.05) is 0 Å². The molecule has 10 heteroatoms. The summed E-state index contributed by atoms with van der Waals surface area (Å²) in [5.41, 5.74) is 1.51. The van der Waals surface area contributed by atoms with E-state index in [9.17, 15) is 4.79 Å². The van der Waals surface area contributed by atoms with Gasteiger partial charge in [0.15, 0.2) is 5.75 Å². The van der Waals surface area contributed by atoms with Crippen LogP contribution < -0.4 is 24.7 Å². The van der Waals surface area contributed by atoms with Crippen LogP contribution in [0.5, 0.6) is 17.4 Å². The van der Waals surface area contributed by atoms with E-state index in [4.69, 9.17) is 14.2 Å². The number of halogens is 1. The third-order valence-corrected chi connectivity index (χ3v) is 6.55. The van der Waals surface area contributed by atoms with Gasteiger partial charge in [-0.05, 0) is 37.1 Å². The van der Waals surface area contributed by atoms with Crippen molar-refractivity contribution in [3.8, 4) is 17.4 Å². The van der Waals surface area contributed by atoms with Crippen LogP contribution in [0.2, 0.25) is 0 Å². The first-order chi connectivity index (χ1) is 16.1. The van der Waals surface area contributed by atoms with E-state index in [1.807, 2.05) is 30.3 Å². The van der Waals surface area contributed by atoms with E-state index in [1.54, 1.807) is 11.7 Å². The molecule has 9 nitrogen and oxygen atoms in total. The zero-order chi connectivity index (χ0) is 22.8. The summed E-state index contributed by atoms with van der Waals surface area (Å²) in [6.45, 7) is 4.48. The number of hydrogen-bond acceptors (Lipinski definition) is 8. The predicted octanol–water partition coefficient (Wildman–Crippen LogP) is 2.59. The lowest BCUT2D eigenvalue weighted by molar-refractivity contribution is 0.164. The van der Waals surface area contributed by atoms with Gasteiger partial charge in [-0.15, -0.1) is 12.4 Å². The van der Waals surface area contributed by atoms with Gasteiger partial charge in [0.25, 0.3) is 11.4 Å². The van der Waals surface area contributed by atoms with E-state index in [0.29, 0.717) is 37.4 Å². The van der Waals surface area contributed by atoms with Gasteiger partial charge in [-0.3, -0.25) is 4.79 Å². The zero-order valence-corrected chi connectivity index (χ0v) is 20.3. The molecule has 0 aliphatic carbocycles. The summed E-state index contributed by atoms with van der Waals surface area (Å²) in [5.74, 6) is 2.92. The second-order valence-electron chi connectivity index (χ2n) is 8.46. The van der Waals surface area contributed by atoms with Crippen LogP contribution in [-0.2, 0) is 6.54 Å². The minimum atomic E-state index is -0.0879. The fourth-order valence-electron chi connectivity index (χ4n) is 4.58. The molecule has 0 unspecified atom stereocenters. The summed E-state index contributed by atoms with van der Waals surface area (Å²) in [5, 5.41) is 0. The number of methoxy groups -OCH3 is 1. The highest BCUT2D eigenvalue weighted by Gasteiger charge is 2.24. The fraction of sp³-hybridized carbons (Fsp3) is 0.458. The number of rotatable bonds is 6. The molecule has 2 aromatic heterocycles. The number of hydrogen-bond donors (Lipinski definition) is 0. The molecule has 0 atom stereocenters. The van der Waals surface area contributed by atoms with Crippen molar-refractivity contribution in [1.82, 2.24) is 19.4 Å². The van der Waals surface area contributed by atoms with Crippen molar-refractivity contribution in [3.63, 3.8) is 0 Å². The fourth-order valence-corrected chi connectivity index (χ4v) is 4.58. The lowest BCUT2D eigenvalue weighted by Gasteiger charge is -2.37. The Balaban J connectivity index is 0.00000274. The van der Waals surface area contributed by atoms with Crippen molar-refractivity contribution in [1.29, 1.82) is 0 Å². The normalized spacial score (nSPS) is 16.2. The first-order valence-electron chi connectivity index (χ1n) is 11.4. The molecule has 0 saturated carbocycles. The van der Waals surface area contributed by atoms with E-state index >= 15 is 0 Å². The van der Waals surface area contributed by atoms with Crippen molar-refractivity contribution >= 4 is 29.3 Å². The number of nitrogens with zero attached hydrogens (tertiary/aromatic N) is 5. The minimum absolute atomic E-state index is 0. The van der Waals surface area contributed by atoms with Crippen LogP contribution in [-0.4, -0.2) is 72.5 Å². The Morgan fingerprint density at radius 1 is 1.12 bits per heavy atom. The van der Waals surface area contributed by atoms with E-state index in [0.717, 1.165) is 55.1 Å². The molecule has 4 heterocycles. The molecule has 2 aliphatic heterocycles. The standard InChI is InChI=1S/C24H29N5O4.ClH/c1-27(22-6-5-21-24(26-22)33-14-13-32-21)17-7-9-28(10-8-17)11-12-29-20-15-18(31-2)3-4-19(20)25-16-23(29)30;/h3-6,15-17H,7-14H2,1-2H3;1H. The molecule has 2 aliphatic rings. The van der Waals surface area contributed by atoms with Crippen molar-refractivity contribution in [2.24, 2.45) is 0 Å². The number of benzene rings is 1. The molecule has 0 N–H and O–H groups in total. The molecular weight excluding hydrogens is 458 g/mol. The minimum Gasteiger partial charge on any atom is -0.497 e. The van der Waals surface area contributed by atoms with E-state index in [2.05, 4.69) is 26.8 Å². The maximum Gasteiger partial charge on any atom is 0.269 e. The maximum atomic E-state index is 12.5. The summed E-state index contributed by atoms with van der Waals surface area (Å²) in [4.78, 5) is 26.1. The monoisotopic (exact) mass is 487 g/mol. The van der Waals surface area contributed by atoms with Crippen LogP contribution in [0.4, 0.5) is 5.82 Å². The summed E-state index contributed by atoms with van der Waals surface area (Å²) < 4.78 is 18.3. The molecule has 0 radical (unpaired) electrons. The van der Waals surface area contributed by atoms with Crippen LogP contribution >= 0.6 is 12.4 Å². The Hall–Kier alpha value is -3.04. The molecule has 182 valence electrons. The van der Waals surface area contributed by atoms with Crippen molar-refractivity contribution in [3.05, 3.63) is 46.9 Å². The molecule has 0 amide bonds. The second kappa shape index (κ2) is 10.5. The van der Waals surface area contributed by atoms with Crippen LogP contribution in [0.15, 0.2) is 41.3 Å². The Kier molecular flexibility index (Phi) is 7.43. The third-order valence-electron chi connectivity index (χ3n) is 6.55. The lowest BCUT2D eigenvalue weighted by Crippen LogP contribution is -2.45. The number of ether oxygens (including phenoxy) is 3. The zero-order valence-electron chi connectivity index (χ0n) is 19.5. The highest BCUT2D eigenvalue weighted by Crippen LogP contribution is 2.31. The molecular formula is C24H30ClN5O4. The van der Waals surface area contributed by atoms with Crippen LogP contribution in [0, 0.1) is 0 Å². The molecule has 34 heavy (non-hydrogen) atoms. The molecule has 1 aromatic carbocycles. The van der Waals surface area contributed by atoms with Gasteiger partial charge in [0.1, 0.15) is 24.8 Å². The Labute approximate surface area is 204 Å². The number of likely N-dealkylation sites (tertiary alicyclic amines) is 1. The summed E-state index contributed by atoms with van der Waals surface area (Å²) in [6.07, 6.45) is 3.47. The summed E-state index contributed by atoms with van der Waals surface area (Å²) in [7, 11) is 3.72. The van der Waals surface area contributed by atoms with Crippen molar-refractivity contribution in [2.75, 3.05) is 51.9 Å². The van der Waals surface area contributed by atoms with Gasteiger partial charge in [-0.25, -0.2) is 4.98 Å². The third kappa shape index (κ3) is 4.90. The van der Waals surface area contributed by atoms with Gasteiger partial charge in [0.05, 0.1) is 24.3 Å². The number of anilines is 1. The Morgan fingerprint density at radius 2 is 1.91 bits per heavy atom. The molecule has 1 saturated heterocycles. The Morgan fingerprint density at radius 3 is 2.71 bits per heavy atom. The number of pyridine rings is 1. The molecule has 0 spiro atoms. The second-order valence-corrected chi connectivity index (χ2v) is 8.46. The SMILES string of the molecule is COc1ccc2ncc(=O)n(CCN3CCC(N(C)c4ccc5c(n4)OCCO5)CC3)c2c1.Cl. The average Bonchev–Trinajstić information content (AvgIpc) is 2.87. The molecule has 0 bridgehead atoms. The Bertz CT molecular complexity index is 1200. The quantitative estimate of drug-likeness (QED) is 0.525. The van der Waals surface area contributed by atoms with Gasteiger partial charge in [0.2, 0.25) is 0 Å². The van der Waals surface area contributed by atoms with E-state index < -0.39 is 0 Å². The van der Waals surface area contributed by atoms with Crippen LogP contribution in [0.1, 0.15) is 12.8 Å². The highest BCUT2D eigenvalue weighted by atomic mass is 35.5. The average molecular weight is 488 g/mol. The number of fused-ring (bicyclic) bond motifs is 2. The van der Waals surface area contributed by atoms with Crippen LogP contribution in [0.3, 0.4) is 0 Å². The highest BCUT2D eigenvalue weighted by molar-refractivity contribution is 5.85. The van der Waals surface area contributed by atoms with E-state index in [1.165, 1.54) is 6.20 Å². The first kappa shape index (κ1) is 24.1. The van der Waals surface area contributed by atoms with Crippen LogP contribution in [0.25, 0.3) is 11.0 Å². The maximum absolute atomic E-state index is 12.5. The summed E-state index contributed by atoms with van der Waals surface area (Å²) >= 11 is 0. The van der Waals surface area contributed by atoms with E-state index in [-0.39, 0.29) is 18.0 Å². The summed E-state index contributed by atoms with van der Waals surface area (Å²) in [6, 6.07) is 9.97. The van der Waals surface area contributed by atoms with Gasteiger partial charge in [0, 0.05) is 45.3 Å². The molecule has 5 rings (SSSR count). The smallest absolute Gasteiger partial charge is 0.269 e. The molecule has 1 fully saturated rings. The predicted molar refractivity (Wildman–Crippen MR) is 133 cm³/mol. The van der Waals surface area contributed by atoms with Gasteiger partial charge in [-0.2, -0.15) is 4.98 Å². The van der Waals surface area contributed by atoms with Gasteiger partial charge < -0.3 is 28.6 Å².